The normalized spacial score (nSPS) is 18.0. The Hall–Kier alpha value is -3.89. The zero-order valence-electron chi connectivity index (χ0n) is 19.3. The van der Waals surface area contributed by atoms with Crippen LogP contribution in [0.15, 0.2) is 41.6 Å². The van der Waals surface area contributed by atoms with Crippen molar-refractivity contribution in [3.8, 4) is 11.3 Å². The van der Waals surface area contributed by atoms with Crippen LogP contribution < -0.4 is 4.90 Å². The summed E-state index contributed by atoms with van der Waals surface area (Å²) in [5.41, 5.74) is 2.22. The van der Waals surface area contributed by atoms with Gasteiger partial charge in [0.1, 0.15) is 17.5 Å². The minimum Gasteiger partial charge on any atom is -0.353 e. The minimum atomic E-state index is -0.694. The molecule has 2 amide bonds. The van der Waals surface area contributed by atoms with Crippen LogP contribution in [0.4, 0.5) is 23.8 Å². The van der Waals surface area contributed by atoms with Gasteiger partial charge in [-0.15, -0.1) is 0 Å². The van der Waals surface area contributed by atoms with E-state index in [2.05, 4.69) is 15.2 Å². The van der Waals surface area contributed by atoms with Crippen molar-refractivity contribution >= 4 is 18.1 Å². The lowest BCUT2D eigenvalue weighted by molar-refractivity contribution is 0.139. The number of benzene rings is 1. The van der Waals surface area contributed by atoms with Crippen LogP contribution in [0.1, 0.15) is 23.7 Å². The van der Waals surface area contributed by atoms with Crippen LogP contribution >= 0.6 is 0 Å². The van der Waals surface area contributed by atoms with Crippen LogP contribution in [0.2, 0.25) is 0 Å². The average molecular weight is 483 g/mol. The van der Waals surface area contributed by atoms with E-state index in [1.54, 1.807) is 28.9 Å². The Morgan fingerprint density at radius 2 is 1.71 bits per heavy atom. The first-order valence-corrected chi connectivity index (χ1v) is 11.3. The molecule has 3 aromatic rings. The van der Waals surface area contributed by atoms with Crippen molar-refractivity contribution in [3.05, 3.63) is 65.2 Å². The first-order chi connectivity index (χ1) is 16.8. The van der Waals surface area contributed by atoms with Crippen molar-refractivity contribution in [1.82, 2.24) is 24.7 Å². The molecule has 4 heterocycles. The lowest BCUT2D eigenvalue weighted by Gasteiger charge is -2.37. The van der Waals surface area contributed by atoms with Gasteiger partial charge in [-0.2, -0.15) is 10.2 Å². The average Bonchev–Trinajstić information content (AvgIpc) is 3.44. The van der Waals surface area contributed by atoms with Crippen molar-refractivity contribution in [2.75, 3.05) is 31.1 Å². The molecule has 0 aliphatic carbocycles. The van der Waals surface area contributed by atoms with E-state index in [1.165, 1.54) is 23.3 Å². The first kappa shape index (κ1) is 22.9. The lowest BCUT2D eigenvalue weighted by atomic mass is 10.0. The zero-order chi connectivity index (χ0) is 24.7. The van der Waals surface area contributed by atoms with Crippen LogP contribution in [0.3, 0.4) is 0 Å². The van der Waals surface area contributed by atoms with Gasteiger partial charge in [-0.3, -0.25) is 4.68 Å². The second-order valence-electron chi connectivity index (χ2n) is 8.67. The van der Waals surface area contributed by atoms with Gasteiger partial charge < -0.3 is 9.80 Å². The van der Waals surface area contributed by atoms with Gasteiger partial charge in [0.15, 0.2) is 5.82 Å². The number of nitrogens with zero attached hydrogens (tertiary/aromatic N) is 7. The summed E-state index contributed by atoms with van der Waals surface area (Å²) in [7, 11) is 1.76. The number of pyridine rings is 1. The number of hydrogen-bond donors (Lipinski definition) is 0. The minimum absolute atomic E-state index is 0.328. The van der Waals surface area contributed by atoms with Crippen molar-refractivity contribution in [1.29, 1.82) is 0 Å². The molecule has 1 aromatic carbocycles. The molecule has 0 bridgehead atoms. The molecule has 2 aliphatic rings. The van der Waals surface area contributed by atoms with E-state index < -0.39 is 23.5 Å². The van der Waals surface area contributed by atoms with Crippen LogP contribution in [-0.4, -0.2) is 63.1 Å². The SMILES string of the molecule is Cc1cc(-c2cc(N3CCN(C(=O)N4N=CC[C@H]4c4cc(F)cc(F)c4)CC3)ncc2F)n(C)n1. The van der Waals surface area contributed by atoms with Crippen molar-refractivity contribution in [2.45, 2.75) is 19.4 Å². The molecule has 0 saturated carbocycles. The quantitative estimate of drug-likeness (QED) is 0.567. The molecule has 0 unspecified atom stereocenters. The number of anilines is 1. The van der Waals surface area contributed by atoms with Gasteiger partial charge in [0.2, 0.25) is 0 Å². The molecule has 5 rings (SSSR count). The van der Waals surface area contributed by atoms with Crippen LogP contribution in [-0.2, 0) is 7.05 Å². The Labute approximate surface area is 200 Å². The number of aryl methyl sites for hydroxylation is 2. The van der Waals surface area contributed by atoms with E-state index in [0.29, 0.717) is 55.2 Å². The molecule has 2 aliphatic heterocycles. The Bertz CT molecular complexity index is 1280. The molecular weight excluding hydrogens is 459 g/mol. The van der Waals surface area contributed by atoms with Crippen LogP contribution in [0.5, 0.6) is 0 Å². The van der Waals surface area contributed by atoms with Crippen molar-refractivity contribution in [3.63, 3.8) is 0 Å². The molecule has 2 aromatic heterocycles. The topological polar surface area (TPSA) is 69.9 Å². The van der Waals surface area contributed by atoms with E-state index >= 15 is 0 Å². The van der Waals surface area contributed by atoms with E-state index in [0.717, 1.165) is 11.8 Å². The van der Waals surface area contributed by atoms with Gasteiger partial charge in [-0.1, -0.05) is 0 Å². The summed E-state index contributed by atoms with van der Waals surface area (Å²) in [5.74, 6) is -1.21. The summed E-state index contributed by atoms with van der Waals surface area (Å²) in [5, 5.41) is 9.74. The van der Waals surface area contributed by atoms with Crippen molar-refractivity contribution in [2.24, 2.45) is 12.1 Å². The number of aromatic nitrogens is 3. The van der Waals surface area contributed by atoms with E-state index in [9.17, 15) is 18.0 Å². The maximum Gasteiger partial charge on any atom is 0.341 e. The third-order valence-electron chi connectivity index (χ3n) is 6.29. The molecular formula is C24H24F3N7O. The van der Waals surface area contributed by atoms with Gasteiger partial charge in [0.25, 0.3) is 0 Å². The summed E-state index contributed by atoms with van der Waals surface area (Å²) in [4.78, 5) is 21.1. The number of hydrazone groups is 1. The molecule has 8 nitrogen and oxygen atoms in total. The standard InChI is InChI=1S/C24H24F3N7O/c1-15-9-22(31(2)30-15)19-13-23(28-14-20(19)27)32-5-7-33(8-6-32)24(35)34-21(3-4-29-34)16-10-17(25)12-18(26)11-16/h4,9-14,21H,3,5-8H2,1-2H3/t21-/m0/s1. The van der Waals surface area contributed by atoms with E-state index in [1.807, 2.05) is 17.9 Å². The second kappa shape index (κ2) is 9.05. The number of rotatable bonds is 3. The maximum atomic E-state index is 14.5. The van der Waals surface area contributed by atoms with Gasteiger partial charge in [-0.05, 0) is 36.8 Å². The number of carbonyl (C=O) groups excluding carboxylic acids is 1. The smallest absolute Gasteiger partial charge is 0.341 e. The highest BCUT2D eigenvalue weighted by molar-refractivity contribution is 5.79. The predicted molar refractivity (Wildman–Crippen MR) is 124 cm³/mol. The molecule has 1 atom stereocenters. The second-order valence-corrected chi connectivity index (χ2v) is 8.67. The molecule has 11 heteroatoms. The highest BCUT2D eigenvalue weighted by Crippen LogP contribution is 2.31. The molecule has 0 spiro atoms. The molecule has 0 radical (unpaired) electrons. The molecule has 0 N–H and O–H groups in total. The van der Waals surface area contributed by atoms with E-state index in [4.69, 9.17) is 0 Å². The highest BCUT2D eigenvalue weighted by atomic mass is 19.1. The summed E-state index contributed by atoms with van der Waals surface area (Å²) >= 11 is 0. The first-order valence-electron chi connectivity index (χ1n) is 11.3. The predicted octanol–water partition coefficient (Wildman–Crippen LogP) is 3.88. The van der Waals surface area contributed by atoms with Gasteiger partial charge in [0, 0.05) is 57.5 Å². The molecule has 1 fully saturated rings. The monoisotopic (exact) mass is 483 g/mol. The Morgan fingerprint density at radius 3 is 2.37 bits per heavy atom. The van der Waals surface area contributed by atoms with E-state index in [-0.39, 0.29) is 6.03 Å². The fourth-order valence-electron chi connectivity index (χ4n) is 4.57. The van der Waals surface area contributed by atoms with Gasteiger partial charge in [-0.25, -0.2) is 28.0 Å². The third-order valence-corrected chi connectivity index (χ3v) is 6.29. The number of amides is 2. The Balaban J connectivity index is 1.28. The fraction of sp³-hybridized carbons (Fsp3) is 0.333. The Morgan fingerprint density at radius 1 is 1.00 bits per heavy atom. The fourth-order valence-corrected chi connectivity index (χ4v) is 4.57. The summed E-state index contributed by atoms with van der Waals surface area (Å²) < 4.78 is 43.6. The summed E-state index contributed by atoms with van der Waals surface area (Å²) in [6.45, 7) is 3.62. The summed E-state index contributed by atoms with van der Waals surface area (Å²) in [6.07, 6.45) is 3.16. The number of carbonyl (C=O) groups is 1. The molecule has 35 heavy (non-hydrogen) atoms. The third kappa shape index (κ3) is 4.45. The van der Waals surface area contributed by atoms with Crippen molar-refractivity contribution < 1.29 is 18.0 Å². The van der Waals surface area contributed by atoms with Crippen LogP contribution in [0, 0.1) is 24.4 Å². The Kier molecular flexibility index (Phi) is 5.91. The molecule has 182 valence electrons. The number of piperazine rings is 1. The van der Waals surface area contributed by atoms with Gasteiger partial charge in [0.05, 0.1) is 23.6 Å². The zero-order valence-corrected chi connectivity index (χ0v) is 19.3. The lowest BCUT2D eigenvalue weighted by Crippen LogP contribution is -2.52. The highest BCUT2D eigenvalue weighted by Gasteiger charge is 2.33. The molecule has 1 saturated heterocycles. The maximum absolute atomic E-state index is 14.5. The summed E-state index contributed by atoms with van der Waals surface area (Å²) in [6, 6.07) is 5.87. The van der Waals surface area contributed by atoms with Crippen LogP contribution in [0.25, 0.3) is 11.3 Å². The number of urea groups is 1. The largest absolute Gasteiger partial charge is 0.353 e. The number of hydrogen-bond acceptors (Lipinski definition) is 5. The number of halogens is 3. The van der Waals surface area contributed by atoms with Gasteiger partial charge >= 0.3 is 6.03 Å².